The maximum absolute atomic E-state index is 13.3. The van der Waals surface area contributed by atoms with Crippen molar-refractivity contribution in [3.8, 4) is 0 Å². The third-order valence-electron chi connectivity index (χ3n) is 4.09. The zero-order valence-corrected chi connectivity index (χ0v) is 13.2. The summed E-state index contributed by atoms with van der Waals surface area (Å²) in [6, 6.07) is 9.17. The Morgan fingerprint density at radius 3 is 2.29 bits per heavy atom. The molecular formula is C15H20NO4P. The number of hydrogen-bond acceptors (Lipinski definition) is 4. The predicted molar refractivity (Wildman–Crippen MR) is 79.7 cm³/mol. The summed E-state index contributed by atoms with van der Waals surface area (Å²) in [5, 5.41) is 11.2. The van der Waals surface area contributed by atoms with Crippen LogP contribution in [0.5, 0.6) is 0 Å². The molecule has 0 bridgehead atoms. The molecule has 5 nitrogen and oxygen atoms in total. The Labute approximate surface area is 125 Å². The summed E-state index contributed by atoms with van der Waals surface area (Å²) in [5.74, 6) is 0. The van der Waals surface area contributed by atoms with Crippen LogP contribution in [0.4, 0.5) is 0 Å². The van der Waals surface area contributed by atoms with Crippen LogP contribution in [0.3, 0.4) is 0 Å². The summed E-state index contributed by atoms with van der Waals surface area (Å²) < 4.78 is 12.1. The van der Waals surface area contributed by atoms with E-state index in [2.05, 4.69) is 0 Å². The first-order valence-corrected chi connectivity index (χ1v) is 8.69. The molecule has 1 atom stereocenters. The molecule has 6 heteroatoms. The first kappa shape index (κ1) is 14.9. The van der Waals surface area contributed by atoms with E-state index in [9.17, 15) is 10.1 Å². The van der Waals surface area contributed by atoms with Crippen LogP contribution < -0.4 is 4.89 Å². The van der Waals surface area contributed by atoms with Crippen LogP contribution in [0.15, 0.2) is 30.3 Å². The lowest BCUT2D eigenvalue weighted by Gasteiger charge is -2.44. The van der Waals surface area contributed by atoms with Gasteiger partial charge in [0.05, 0.1) is 12.0 Å². The summed E-state index contributed by atoms with van der Waals surface area (Å²) in [5.41, 5.74) is 0.499. The van der Waals surface area contributed by atoms with Crippen molar-refractivity contribution in [3.05, 3.63) is 41.1 Å². The lowest BCUT2D eigenvalue weighted by molar-refractivity contribution is -0.531. The smallest absolute Gasteiger partial charge is 0.345 e. The highest BCUT2D eigenvalue weighted by molar-refractivity contribution is 7.60. The van der Waals surface area contributed by atoms with Gasteiger partial charge in [-0.25, -0.2) is 9.05 Å². The Hall–Kier alpha value is -1.00. The highest BCUT2D eigenvalue weighted by Crippen LogP contribution is 2.73. The second kappa shape index (κ2) is 5.03. The van der Waals surface area contributed by atoms with Crippen LogP contribution in [0.1, 0.15) is 32.3 Å². The van der Waals surface area contributed by atoms with Gasteiger partial charge >= 0.3 is 13.2 Å². The van der Waals surface area contributed by atoms with Crippen molar-refractivity contribution in [1.29, 1.82) is 0 Å². The third-order valence-corrected chi connectivity index (χ3v) is 6.62. The first-order chi connectivity index (χ1) is 9.90. The summed E-state index contributed by atoms with van der Waals surface area (Å²) in [7, 11) is -3.57. The lowest BCUT2D eigenvalue weighted by Crippen LogP contribution is -2.47. The largest absolute Gasteiger partial charge is 0.626 e. The maximum atomic E-state index is 13.3. The average Bonchev–Trinajstić information content (AvgIpc) is 2.87. The Kier molecular flexibility index (Phi) is 3.57. The molecule has 1 aromatic rings. The van der Waals surface area contributed by atoms with E-state index in [1.54, 1.807) is 0 Å². The Morgan fingerprint density at radius 2 is 1.76 bits per heavy atom. The standard InChI is InChI=1S/C15H20NO4P/c1-14(2)11-19-21(18,20-12-14)15(9-6-10-16(15)17)13-7-4-3-5-8-13/h3-5,7-8,10H,6,9,11-12H2,1-2H3. The maximum Gasteiger partial charge on any atom is 0.345 e. The van der Waals surface area contributed by atoms with Gasteiger partial charge in [0.15, 0.2) is 6.21 Å². The molecule has 114 valence electrons. The van der Waals surface area contributed by atoms with Gasteiger partial charge in [-0.05, 0) is 12.1 Å². The van der Waals surface area contributed by atoms with Crippen LogP contribution >= 0.6 is 7.94 Å². The minimum atomic E-state index is -3.57. The Morgan fingerprint density at radius 1 is 1.14 bits per heavy atom. The van der Waals surface area contributed by atoms with Gasteiger partial charge in [-0.1, -0.05) is 32.0 Å². The van der Waals surface area contributed by atoms with Crippen LogP contribution in [0.2, 0.25) is 0 Å². The molecule has 0 aliphatic carbocycles. The van der Waals surface area contributed by atoms with Crippen LogP contribution in [-0.4, -0.2) is 24.2 Å². The van der Waals surface area contributed by atoms with E-state index in [0.717, 1.165) is 4.74 Å². The van der Waals surface area contributed by atoms with E-state index in [4.69, 9.17) is 9.05 Å². The number of hydroxylamine groups is 1. The minimum Gasteiger partial charge on any atom is -0.626 e. The Balaban J connectivity index is 2.04. The van der Waals surface area contributed by atoms with E-state index in [-0.39, 0.29) is 5.41 Å². The summed E-state index contributed by atoms with van der Waals surface area (Å²) in [4.78, 5) is 13.3. The molecule has 0 aromatic heterocycles. The fraction of sp³-hybridized carbons (Fsp3) is 0.533. The first-order valence-electron chi connectivity index (χ1n) is 7.14. The monoisotopic (exact) mass is 309 g/mol. The van der Waals surface area contributed by atoms with Gasteiger partial charge in [0.1, 0.15) is 13.2 Å². The molecule has 0 amide bonds. The van der Waals surface area contributed by atoms with Gasteiger partial charge in [0, 0.05) is 11.8 Å². The number of rotatable bonds is 2. The summed E-state index contributed by atoms with van der Waals surface area (Å²) >= 11 is 0. The van der Waals surface area contributed by atoms with Crippen molar-refractivity contribution in [3.63, 3.8) is 0 Å². The fourth-order valence-electron chi connectivity index (χ4n) is 2.85. The molecule has 0 N–H and O–H groups in total. The Bertz CT molecular complexity index is 550. The van der Waals surface area contributed by atoms with E-state index in [1.807, 2.05) is 44.2 Å². The van der Waals surface area contributed by atoms with E-state index in [1.165, 1.54) is 6.21 Å². The topological polar surface area (TPSA) is 67.6 Å². The van der Waals surface area contributed by atoms with E-state index in [0.29, 0.717) is 31.6 Å². The highest BCUT2D eigenvalue weighted by atomic mass is 31.2. The van der Waals surface area contributed by atoms with Crippen LogP contribution in [0, 0.1) is 10.6 Å². The third kappa shape index (κ3) is 2.29. The molecule has 0 radical (unpaired) electrons. The molecule has 3 rings (SSSR count). The van der Waals surface area contributed by atoms with Gasteiger partial charge in [-0.3, -0.25) is 0 Å². The second-order valence-corrected chi connectivity index (χ2v) is 8.69. The molecule has 1 unspecified atom stereocenters. The van der Waals surface area contributed by atoms with Crippen molar-refractivity contribution < 1.29 is 18.7 Å². The molecule has 1 saturated heterocycles. The minimum absolute atomic E-state index is 0.193. The zero-order chi connectivity index (χ0) is 15.1. The average molecular weight is 309 g/mol. The number of nitrogens with zero attached hydrogens (tertiary/aromatic N) is 1. The quantitative estimate of drug-likeness (QED) is 0.478. The van der Waals surface area contributed by atoms with E-state index < -0.39 is 13.2 Å². The van der Waals surface area contributed by atoms with Crippen molar-refractivity contribution in [1.82, 2.24) is 0 Å². The zero-order valence-electron chi connectivity index (χ0n) is 12.3. The SMILES string of the molecule is CC1(C)CO[P+]([O-])(C2(c3ccccc3)CCC=[N+]2[O-])OC1. The van der Waals surface area contributed by atoms with Crippen molar-refractivity contribution in [2.45, 2.75) is 32.0 Å². The van der Waals surface area contributed by atoms with Gasteiger partial charge in [0.2, 0.25) is 0 Å². The van der Waals surface area contributed by atoms with Gasteiger partial charge < -0.3 is 10.1 Å². The molecule has 0 spiro atoms. The molecular weight excluding hydrogens is 289 g/mol. The summed E-state index contributed by atoms with van der Waals surface area (Å²) in [6.07, 6.45) is 2.54. The van der Waals surface area contributed by atoms with Crippen molar-refractivity contribution in [2.75, 3.05) is 13.2 Å². The van der Waals surface area contributed by atoms with Crippen LogP contribution in [-0.2, 0) is 14.3 Å². The lowest BCUT2D eigenvalue weighted by atomic mass is 9.97. The van der Waals surface area contributed by atoms with E-state index >= 15 is 0 Å². The molecule has 1 fully saturated rings. The predicted octanol–water partition coefficient (Wildman–Crippen LogP) is 2.41. The van der Waals surface area contributed by atoms with Crippen LogP contribution in [0.25, 0.3) is 0 Å². The van der Waals surface area contributed by atoms with Crippen molar-refractivity contribution in [2.24, 2.45) is 5.41 Å². The molecule has 21 heavy (non-hydrogen) atoms. The highest BCUT2D eigenvalue weighted by Gasteiger charge is 2.68. The van der Waals surface area contributed by atoms with Gasteiger partial charge in [-0.15, -0.1) is 0 Å². The normalized spacial score (nSPS) is 30.9. The summed E-state index contributed by atoms with van der Waals surface area (Å²) in [6.45, 7) is 4.63. The number of hydrogen-bond donors (Lipinski definition) is 0. The molecule has 2 aliphatic heterocycles. The second-order valence-electron chi connectivity index (χ2n) is 6.44. The fourth-order valence-corrected chi connectivity index (χ4v) is 5.58. The van der Waals surface area contributed by atoms with Crippen molar-refractivity contribution >= 4 is 14.2 Å². The molecule has 2 heterocycles. The number of benzene rings is 1. The molecule has 0 saturated carbocycles. The van der Waals surface area contributed by atoms with Gasteiger partial charge in [-0.2, -0.15) is 4.74 Å². The molecule has 1 aromatic carbocycles. The van der Waals surface area contributed by atoms with Gasteiger partial charge in [0.25, 0.3) is 0 Å². The molecule has 2 aliphatic rings.